The lowest BCUT2D eigenvalue weighted by Gasteiger charge is -2.11. The summed E-state index contributed by atoms with van der Waals surface area (Å²) >= 11 is 7.34. The first kappa shape index (κ1) is 24.5. The molecule has 0 spiro atoms. The Balaban J connectivity index is 1.52. The zero-order valence-corrected chi connectivity index (χ0v) is 20.9. The minimum atomic E-state index is -0.242. The van der Waals surface area contributed by atoms with Gasteiger partial charge in [-0.15, -0.1) is 10.2 Å². The van der Waals surface area contributed by atoms with Gasteiger partial charge in [-0.2, -0.15) is 5.10 Å². The van der Waals surface area contributed by atoms with Crippen LogP contribution >= 0.6 is 23.4 Å². The molecule has 0 fully saturated rings. The standard InChI is InChI=1S/C26H24ClN5O2S/c1-3-34-23-13-11-22(12-14-23)32-25(20-7-9-21(27)10-8-20)30-31-26(32)35-17-24(33)29-28-16-19-6-4-5-18(2)15-19/h4-16H,3,17H2,1-2H3,(H,29,33)/b28-16+. The van der Waals surface area contributed by atoms with Crippen LogP contribution < -0.4 is 10.2 Å². The van der Waals surface area contributed by atoms with E-state index in [2.05, 4.69) is 20.7 Å². The zero-order chi connectivity index (χ0) is 24.6. The van der Waals surface area contributed by atoms with Gasteiger partial charge in [0.05, 0.1) is 18.6 Å². The van der Waals surface area contributed by atoms with Crippen molar-refractivity contribution >= 4 is 35.5 Å². The molecule has 0 saturated carbocycles. The highest BCUT2D eigenvalue weighted by Gasteiger charge is 2.17. The van der Waals surface area contributed by atoms with Crippen LogP contribution in [0.5, 0.6) is 5.75 Å². The summed E-state index contributed by atoms with van der Waals surface area (Å²) < 4.78 is 7.47. The summed E-state index contributed by atoms with van der Waals surface area (Å²) in [5.74, 6) is 1.30. The van der Waals surface area contributed by atoms with Crippen LogP contribution in [0.2, 0.25) is 5.02 Å². The number of hydrogen-bond donors (Lipinski definition) is 1. The highest BCUT2D eigenvalue weighted by Crippen LogP contribution is 2.29. The predicted octanol–water partition coefficient (Wildman–Crippen LogP) is 5.54. The number of carbonyl (C=O) groups excluding carboxylic acids is 1. The number of benzene rings is 3. The van der Waals surface area contributed by atoms with Crippen LogP contribution in [-0.4, -0.2) is 39.2 Å². The van der Waals surface area contributed by atoms with Crippen LogP contribution in [0.4, 0.5) is 0 Å². The SMILES string of the molecule is CCOc1ccc(-n2c(SCC(=O)N/N=C/c3cccc(C)c3)nnc2-c2ccc(Cl)cc2)cc1. The number of ether oxygens (including phenoxy) is 1. The number of aromatic nitrogens is 3. The summed E-state index contributed by atoms with van der Waals surface area (Å²) in [4.78, 5) is 12.4. The second-order valence-corrected chi connectivity index (χ2v) is 8.95. The normalized spacial score (nSPS) is 11.1. The van der Waals surface area contributed by atoms with Gasteiger partial charge in [0.2, 0.25) is 0 Å². The number of aryl methyl sites for hydroxylation is 1. The van der Waals surface area contributed by atoms with E-state index >= 15 is 0 Å². The molecule has 35 heavy (non-hydrogen) atoms. The molecule has 1 amide bonds. The molecule has 1 N–H and O–H groups in total. The Morgan fingerprint density at radius 2 is 1.89 bits per heavy atom. The van der Waals surface area contributed by atoms with Crippen molar-refractivity contribution in [3.63, 3.8) is 0 Å². The third-order valence-corrected chi connectivity index (χ3v) is 6.10. The topological polar surface area (TPSA) is 81.4 Å². The van der Waals surface area contributed by atoms with Gasteiger partial charge in [-0.1, -0.05) is 53.2 Å². The molecule has 0 radical (unpaired) electrons. The van der Waals surface area contributed by atoms with Gasteiger partial charge in [0.25, 0.3) is 5.91 Å². The first-order valence-corrected chi connectivity index (χ1v) is 12.4. The molecule has 9 heteroatoms. The molecule has 1 aromatic heterocycles. The van der Waals surface area contributed by atoms with Crippen molar-refractivity contribution < 1.29 is 9.53 Å². The van der Waals surface area contributed by atoms with E-state index in [0.717, 1.165) is 28.1 Å². The highest BCUT2D eigenvalue weighted by molar-refractivity contribution is 7.99. The Labute approximate surface area is 213 Å². The Hall–Kier alpha value is -3.62. The summed E-state index contributed by atoms with van der Waals surface area (Å²) in [6.07, 6.45) is 1.62. The summed E-state index contributed by atoms with van der Waals surface area (Å²) in [6.45, 7) is 4.53. The average Bonchev–Trinajstić information content (AvgIpc) is 3.28. The third-order valence-electron chi connectivity index (χ3n) is 4.92. The first-order chi connectivity index (χ1) is 17.0. The van der Waals surface area contributed by atoms with Gasteiger partial charge in [-0.05, 0) is 67.9 Å². The van der Waals surface area contributed by atoms with Crippen LogP contribution in [0.15, 0.2) is 83.1 Å². The maximum absolute atomic E-state index is 12.4. The van der Waals surface area contributed by atoms with E-state index in [1.807, 2.05) is 79.1 Å². The summed E-state index contributed by atoms with van der Waals surface area (Å²) in [5, 5.41) is 14.0. The Kier molecular flexibility index (Phi) is 8.18. The van der Waals surface area contributed by atoms with Gasteiger partial charge in [0, 0.05) is 16.3 Å². The van der Waals surface area contributed by atoms with Gasteiger partial charge >= 0.3 is 0 Å². The van der Waals surface area contributed by atoms with Gasteiger partial charge in [0.15, 0.2) is 11.0 Å². The van der Waals surface area contributed by atoms with E-state index in [0.29, 0.717) is 22.6 Å². The van der Waals surface area contributed by atoms with E-state index in [9.17, 15) is 4.79 Å². The van der Waals surface area contributed by atoms with Crippen LogP contribution in [0, 0.1) is 6.92 Å². The van der Waals surface area contributed by atoms with Crippen molar-refractivity contribution in [3.8, 4) is 22.8 Å². The number of hydrazone groups is 1. The van der Waals surface area contributed by atoms with E-state index in [-0.39, 0.29) is 11.7 Å². The number of thioether (sulfide) groups is 1. The molecule has 4 aromatic rings. The van der Waals surface area contributed by atoms with E-state index < -0.39 is 0 Å². The minimum absolute atomic E-state index is 0.126. The molecule has 4 rings (SSSR count). The zero-order valence-electron chi connectivity index (χ0n) is 19.3. The van der Waals surface area contributed by atoms with Crippen molar-refractivity contribution in [2.45, 2.75) is 19.0 Å². The van der Waals surface area contributed by atoms with Gasteiger partial charge < -0.3 is 4.74 Å². The molecule has 0 bridgehead atoms. The third kappa shape index (κ3) is 6.49. The fourth-order valence-corrected chi connectivity index (χ4v) is 4.20. The summed E-state index contributed by atoms with van der Waals surface area (Å²) in [6, 6.07) is 22.9. The number of amides is 1. The molecule has 0 aliphatic rings. The molecule has 1 heterocycles. The van der Waals surface area contributed by atoms with Crippen molar-refractivity contribution in [1.82, 2.24) is 20.2 Å². The van der Waals surface area contributed by atoms with Crippen LogP contribution in [-0.2, 0) is 4.79 Å². The highest BCUT2D eigenvalue weighted by atomic mass is 35.5. The predicted molar refractivity (Wildman–Crippen MR) is 141 cm³/mol. The van der Waals surface area contributed by atoms with Gasteiger partial charge in [-0.25, -0.2) is 5.43 Å². The monoisotopic (exact) mass is 505 g/mol. The fourth-order valence-electron chi connectivity index (χ4n) is 3.33. The minimum Gasteiger partial charge on any atom is -0.494 e. The van der Waals surface area contributed by atoms with Crippen molar-refractivity contribution in [2.24, 2.45) is 5.10 Å². The van der Waals surface area contributed by atoms with Crippen molar-refractivity contribution in [2.75, 3.05) is 12.4 Å². The summed E-state index contributed by atoms with van der Waals surface area (Å²) in [5.41, 5.74) is 6.32. The van der Waals surface area contributed by atoms with Crippen molar-refractivity contribution in [3.05, 3.63) is 88.9 Å². The molecule has 0 unspecified atom stereocenters. The number of nitrogens with zero attached hydrogens (tertiary/aromatic N) is 4. The molecule has 0 aliphatic heterocycles. The van der Waals surface area contributed by atoms with Crippen LogP contribution in [0.25, 0.3) is 17.1 Å². The quantitative estimate of drug-likeness (QED) is 0.183. The average molecular weight is 506 g/mol. The molecule has 3 aromatic carbocycles. The molecular formula is C26H24ClN5O2S. The Bertz CT molecular complexity index is 1320. The number of carbonyl (C=O) groups is 1. The second-order valence-electron chi connectivity index (χ2n) is 7.57. The lowest BCUT2D eigenvalue weighted by atomic mass is 10.2. The fraction of sp³-hybridized carbons (Fsp3) is 0.154. The summed E-state index contributed by atoms with van der Waals surface area (Å²) in [7, 11) is 0. The van der Waals surface area contributed by atoms with Crippen LogP contribution in [0.1, 0.15) is 18.1 Å². The molecule has 178 valence electrons. The van der Waals surface area contributed by atoms with E-state index in [1.54, 1.807) is 18.3 Å². The second kappa shape index (κ2) is 11.7. The van der Waals surface area contributed by atoms with E-state index in [1.165, 1.54) is 11.8 Å². The number of hydrogen-bond acceptors (Lipinski definition) is 6. The maximum atomic E-state index is 12.4. The molecule has 0 aliphatic carbocycles. The number of nitrogens with one attached hydrogen (secondary N) is 1. The lowest BCUT2D eigenvalue weighted by Crippen LogP contribution is -2.20. The number of halogens is 1. The molecule has 0 atom stereocenters. The number of rotatable bonds is 9. The van der Waals surface area contributed by atoms with Crippen LogP contribution in [0.3, 0.4) is 0 Å². The maximum Gasteiger partial charge on any atom is 0.250 e. The van der Waals surface area contributed by atoms with Gasteiger partial charge in [-0.3, -0.25) is 9.36 Å². The Morgan fingerprint density at radius 3 is 2.60 bits per heavy atom. The first-order valence-electron chi connectivity index (χ1n) is 11.0. The smallest absolute Gasteiger partial charge is 0.250 e. The lowest BCUT2D eigenvalue weighted by molar-refractivity contribution is -0.118. The van der Waals surface area contributed by atoms with E-state index in [4.69, 9.17) is 16.3 Å². The molecule has 0 saturated heterocycles. The van der Waals surface area contributed by atoms with Crippen molar-refractivity contribution in [1.29, 1.82) is 0 Å². The molecular weight excluding hydrogens is 482 g/mol. The Morgan fingerprint density at radius 1 is 1.11 bits per heavy atom. The van der Waals surface area contributed by atoms with Gasteiger partial charge in [0.1, 0.15) is 5.75 Å². The largest absolute Gasteiger partial charge is 0.494 e. The molecule has 7 nitrogen and oxygen atoms in total.